The lowest BCUT2D eigenvalue weighted by molar-refractivity contribution is -0.125. The summed E-state index contributed by atoms with van der Waals surface area (Å²) < 4.78 is 13.7. The molecule has 1 unspecified atom stereocenters. The van der Waals surface area contributed by atoms with E-state index >= 15 is 0 Å². The van der Waals surface area contributed by atoms with Gasteiger partial charge < -0.3 is 9.80 Å². The number of carbonyl (C=O) groups excluding carboxylic acids is 1. The first-order chi connectivity index (χ1) is 11.5. The lowest BCUT2D eigenvalue weighted by Gasteiger charge is -2.34. The molecule has 1 amide bonds. The first-order valence-electron chi connectivity index (χ1n) is 8.81. The first kappa shape index (κ1) is 18.7. The minimum atomic E-state index is -0.113. The van der Waals surface area contributed by atoms with E-state index in [4.69, 9.17) is 0 Å². The van der Waals surface area contributed by atoms with Crippen LogP contribution in [0.2, 0.25) is 0 Å². The average Bonchev–Trinajstić information content (AvgIpc) is 2.54. The number of rotatable bonds is 6. The zero-order valence-electron chi connectivity index (χ0n) is 15.1. The molecule has 0 saturated carbocycles. The highest BCUT2D eigenvalue weighted by atomic mass is 19.1. The largest absolute Gasteiger partial charge is 0.342 e. The summed E-state index contributed by atoms with van der Waals surface area (Å²) in [5.41, 5.74) is 1.82. The van der Waals surface area contributed by atoms with Crippen LogP contribution in [0.5, 0.6) is 0 Å². The van der Waals surface area contributed by atoms with Crippen LogP contribution in [0.3, 0.4) is 0 Å². The van der Waals surface area contributed by atoms with E-state index in [1.807, 2.05) is 37.9 Å². The quantitative estimate of drug-likeness (QED) is 0.744. The summed E-state index contributed by atoms with van der Waals surface area (Å²) in [4.78, 5) is 16.3. The van der Waals surface area contributed by atoms with Gasteiger partial charge in [-0.1, -0.05) is 23.8 Å². The summed E-state index contributed by atoms with van der Waals surface area (Å²) in [6, 6.07) is 7.01. The van der Waals surface area contributed by atoms with E-state index in [1.54, 1.807) is 12.1 Å². The van der Waals surface area contributed by atoms with Crippen LogP contribution in [-0.2, 0) is 11.2 Å². The smallest absolute Gasteiger partial charge is 0.246 e. The number of likely N-dealkylation sites (N-methyl/N-ethyl adjacent to an activating group) is 1. The monoisotopic (exact) mass is 332 g/mol. The lowest BCUT2D eigenvalue weighted by atomic mass is 9.97. The molecule has 1 heterocycles. The minimum Gasteiger partial charge on any atom is -0.342 e. The van der Waals surface area contributed by atoms with Crippen LogP contribution in [0.1, 0.15) is 32.3 Å². The van der Waals surface area contributed by atoms with E-state index in [2.05, 4.69) is 4.90 Å². The normalized spacial score (nSPS) is 18.2. The highest BCUT2D eigenvalue weighted by Gasteiger charge is 2.22. The molecule has 1 fully saturated rings. The molecule has 1 atom stereocenters. The fourth-order valence-corrected chi connectivity index (χ4v) is 3.32. The molecule has 0 aliphatic carbocycles. The van der Waals surface area contributed by atoms with Crippen molar-refractivity contribution >= 4 is 5.91 Å². The van der Waals surface area contributed by atoms with Crippen molar-refractivity contribution in [3.63, 3.8) is 0 Å². The summed E-state index contributed by atoms with van der Waals surface area (Å²) in [5.74, 6) is 0.468. The van der Waals surface area contributed by atoms with Crippen molar-refractivity contribution < 1.29 is 9.18 Å². The van der Waals surface area contributed by atoms with Crippen LogP contribution in [0.4, 0.5) is 4.39 Å². The Balaban J connectivity index is 1.82. The second-order valence-electron chi connectivity index (χ2n) is 7.09. The van der Waals surface area contributed by atoms with Crippen molar-refractivity contribution in [2.45, 2.75) is 33.1 Å². The van der Waals surface area contributed by atoms with E-state index in [1.165, 1.54) is 6.07 Å². The highest BCUT2D eigenvalue weighted by molar-refractivity contribution is 5.87. The second-order valence-corrected chi connectivity index (χ2v) is 7.09. The van der Waals surface area contributed by atoms with Gasteiger partial charge in [-0.2, -0.15) is 0 Å². The Hall–Kier alpha value is -1.68. The summed E-state index contributed by atoms with van der Waals surface area (Å²) in [5, 5.41) is 0. The maximum absolute atomic E-state index is 13.7. The Morgan fingerprint density at radius 1 is 1.38 bits per heavy atom. The number of hydrogen-bond donors (Lipinski definition) is 0. The molecule has 0 radical (unpaired) electrons. The number of piperidine rings is 1. The summed E-state index contributed by atoms with van der Waals surface area (Å²) in [6.45, 7) is 7.60. The molecule has 2 rings (SSSR count). The maximum atomic E-state index is 13.7. The van der Waals surface area contributed by atoms with Gasteiger partial charge in [0.1, 0.15) is 5.82 Å². The molecule has 0 N–H and O–H groups in total. The van der Waals surface area contributed by atoms with Gasteiger partial charge in [-0.25, -0.2) is 4.39 Å². The van der Waals surface area contributed by atoms with Gasteiger partial charge in [0.2, 0.25) is 5.91 Å². The van der Waals surface area contributed by atoms with E-state index in [0.29, 0.717) is 5.92 Å². The Morgan fingerprint density at radius 2 is 2.12 bits per heavy atom. The van der Waals surface area contributed by atoms with E-state index < -0.39 is 0 Å². The van der Waals surface area contributed by atoms with Crippen molar-refractivity contribution in [2.75, 3.05) is 33.2 Å². The van der Waals surface area contributed by atoms with Gasteiger partial charge >= 0.3 is 0 Å². The number of allylic oxidation sites excluding steroid dienone is 1. The van der Waals surface area contributed by atoms with Gasteiger partial charge in [0, 0.05) is 32.8 Å². The van der Waals surface area contributed by atoms with Crippen molar-refractivity contribution in [3.8, 4) is 0 Å². The third-order valence-electron chi connectivity index (χ3n) is 4.58. The van der Waals surface area contributed by atoms with Gasteiger partial charge in [0.05, 0.1) is 0 Å². The molecular formula is C20H29FN2O. The van der Waals surface area contributed by atoms with Crippen LogP contribution in [0, 0.1) is 11.7 Å². The van der Waals surface area contributed by atoms with Crippen molar-refractivity contribution in [1.29, 1.82) is 0 Å². The third kappa shape index (κ3) is 5.75. The van der Waals surface area contributed by atoms with Crippen LogP contribution in [-0.4, -0.2) is 48.9 Å². The summed E-state index contributed by atoms with van der Waals surface area (Å²) in [7, 11) is 1.88. The van der Waals surface area contributed by atoms with Crippen molar-refractivity contribution in [3.05, 3.63) is 47.3 Å². The number of hydrogen-bond acceptors (Lipinski definition) is 2. The molecule has 1 aromatic rings. The van der Waals surface area contributed by atoms with Crippen molar-refractivity contribution in [1.82, 2.24) is 9.80 Å². The number of likely N-dealkylation sites (tertiary alicyclic amines) is 1. The highest BCUT2D eigenvalue weighted by Crippen LogP contribution is 2.18. The number of carbonyl (C=O) groups is 1. The fourth-order valence-electron chi connectivity index (χ4n) is 3.32. The minimum absolute atomic E-state index is 0.0819. The number of nitrogens with zero attached hydrogens (tertiary/aromatic N) is 2. The number of halogens is 1. The zero-order chi connectivity index (χ0) is 17.5. The van der Waals surface area contributed by atoms with Crippen LogP contribution in [0.25, 0.3) is 0 Å². The van der Waals surface area contributed by atoms with Crippen molar-refractivity contribution in [2.24, 2.45) is 5.92 Å². The zero-order valence-corrected chi connectivity index (χ0v) is 15.1. The molecule has 0 bridgehead atoms. The molecule has 0 spiro atoms. The molecule has 1 aromatic carbocycles. The lowest BCUT2D eigenvalue weighted by Crippen LogP contribution is -2.42. The third-order valence-corrected chi connectivity index (χ3v) is 4.58. The second kappa shape index (κ2) is 8.97. The van der Waals surface area contributed by atoms with Gasteiger partial charge in [-0.3, -0.25) is 4.79 Å². The first-order valence-corrected chi connectivity index (χ1v) is 8.81. The SMILES string of the molecule is CC(C)=CC(=O)N(C)CC1CCCN(CCc2ccccc2F)C1. The average molecular weight is 332 g/mol. The molecule has 1 aliphatic rings. The number of amides is 1. The summed E-state index contributed by atoms with van der Waals surface area (Å²) >= 11 is 0. The molecule has 3 nitrogen and oxygen atoms in total. The van der Waals surface area contributed by atoms with Crippen LogP contribution >= 0.6 is 0 Å². The Kier molecular flexibility index (Phi) is 6.98. The van der Waals surface area contributed by atoms with Gasteiger partial charge in [0.15, 0.2) is 0 Å². The topological polar surface area (TPSA) is 23.6 Å². The Bertz CT molecular complexity index is 581. The maximum Gasteiger partial charge on any atom is 0.246 e. The summed E-state index contributed by atoms with van der Waals surface area (Å²) in [6.07, 6.45) is 4.74. The molecule has 1 aliphatic heterocycles. The molecule has 132 valence electrons. The van der Waals surface area contributed by atoms with Crippen LogP contribution in [0.15, 0.2) is 35.9 Å². The molecule has 0 aromatic heterocycles. The van der Waals surface area contributed by atoms with E-state index in [-0.39, 0.29) is 11.7 Å². The standard InChI is InChI=1S/C20H29FN2O/c1-16(2)13-20(24)22(3)14-17-7-6-11-23(15-17)12-10-18-8-4-5-9-19(18)21/h4-5,8-9,13,17H,6-7,10-12,14-15H2,1-3H3. The Labute approximate surface area is 145 Å². The molecule has 24 heavy (non-hydrogen) atoms. The van der Waals surface area contributed by atoms with Gasteiger partial charge in [0.25, 0.3) is 0 Å². The van der Waals surface area contributed by atoms with E-state index in [9.17, 15) is 9.18 Å². The number of benzene rings is 1. The molecule has 4 heteroatoms. The fraction of sp³-hybridized carbons (Fsp3) is 0.550. The van der Waals surface area contributed by atoms with Crippen LogP contribution < -0.4 is 0 Å². The van der Waals surface area contributed by atoms with Gasteiger partial charge in [-0.05, 0) is 57.2 Å². The predicted octanol–water partition coefficient (Wildman–Crippen LogP) is 3.50. The van der Waals surface area contributed by atoms with Gasteiger partial charge in [-0.15, -0.1) is 0 Å². The molecular weight excluding hydrogens is 303 g/mol. The predicted molar refractivity (Wildman–Crippen MR) is 96.3 cm³/mol. The molecule has 1 saturated heterocycles. The van der Waals surface area contributed by atoms with E-state index in [0.717, 1.165) is 56.6 Å². The Morgan fingerprint density at radius 3 is 2.83 bits per heavy atom.